The first-order valence-corrected chi connectivity index (χ1v) is 10.3. The van der Waals surface area contributed by atoms with Gasteiger partial charge in [-0.1, -0.05) is 19.8 Å². The Bertz CT molecular complexity index is 766. The number of nitrogens with one attached hydrogen (secondary N) is 2. The standard InChI is InChI=1S/C18H23N3O2S2/c1-3-4-12-5-7-14-16(9-12)25-18(20-14)21-17(23)15-8-6-13(24-15)10-19-11(2)22/h6,8,12H,3-5,7,9-10H2,1-2H3,(H,19,22)(H,20,21,23). The Labute approximate surface area is 155 Å². The molecule has 2 N–H and O–H groups in total. The average Bonchev–Trinajstić information content (AvgIpc) is 3.19. The monoisotopic (exact) mass is 377 g/mol. The molecular formula is C18H23N3O2S2. The number of aryl methyl sites for hydroxylation is 1. The van der Waals surface area contributed by atoms with Crippen LogP contribution in [-0.2, 0) is 24.2 Å². The summed E-state index contributed by atoms with van der Waals surface area (Å²) in [5.74, 6) is 0.555. The predicted molar refractivity (Wildman–Crippen MR) is 102 cm³/mol. The van der Waals surface area contributed by atoms with Gasteiger partial charge in [0.25, 0.3) is 5.91 Å². The summed E-state index contributed by atoms with van der Waals surface area (Å²) in [6, 6.07) is 3.67. The quantitative estimate of drug-likeness (QED) is 0.799. The Morgan fingerprint density at radius 1 is 1.32 bits per heavy atom. The molecule has 2 heterocycles. The van der Waals surface area contributed by atoms with E-state index >= 15 is 0 Å². The highest BCUT2D eigenvalue weighted by Crippen LogP contribution is 2.34. The molecule has 1 unspecified atom stereocenters. The first-order valence-electron chi connectivity index (χ1n) is 8.68. The summed E-state index contributed by atoms with van der Waals surface area (Å²) in [7, 11) is 0. The van der Waals surface area contributed by atoms with Gasteiger partial charge in [-0.2, -0.15) is 0 Å². The van der Waals surface area contributed by atoms with Gasteiger partial charge in [-0.15, -0.1) is 22.7 Å². The lowest BCUT2D eigenvalue weighted by Gasteiger charge is -2.19. The van der Waals surface area contributed by atoms with E-state index in [4.69, 9.17) is 0 Å². The second-order valence-corrected chi connectivity index (χ2v) is 8.67. The van der Waals surface area contributed by atoms with Crippen LogP contribution >= 0.6 is 22.7 Å². The van der Waals surface area contributed by atoms with Gasteiger partial charge < -0.3 is 5.32 Å². The Kier molecular flexibility index (Phi) is 5.86. The summed E-state index contributed by atoms with van der Waals surface area (Å²) in [6.45, 7) is 4.17. The van der Waals surface area contributed by atoms with Crippen LogP contribution in [0.3, 0.4) is 0 Å². The van der Waals surface area contributed by atoms with Crippen molar-refractivity contribution in [3.05, 3.63) is 32.5 Å². The molecule has 2 amide bonds. The Balaban J connectivity index is 1.61. The van der Waals surface area contributed by atoms with Gasteiger partial charge in [-0.3, -0.25) is 14.9 Å². The van der Waals surface area contributed by atoms with Crippen molar-refractivity contribution in [1.82, 2.24) is 10.3 Å². The summed E-state index contributed by atoms with van der Waals surface area (Å²) >= 11 is 3.01. The highest BCUT2D eigenvalue weighted by atomic mass is 32.1. The largest absolute Gasteiger partial charge is 0.351 e. The van der Waals surface area contributed by atoms with Gasteiger partial charge in [0, 0.05) is 16.7 Å². The first-order chi connectivity index (χ1) is 12.0. The predicted octanol–water partition coefficient (Wildman–Crippen LogP) is 4.00. The topological polar surface area (TPSA) is 71.1 Å². The van der Waals surface area contributed by atoms with Crippen molar-refractivity contribution < 1.29 is 9.59 Å². The van der Waals surface area contributed by atoms with Crippen molar-refractivity contribution in [3.63, 3.8) is 0 Å². The van der Waals surface area contributed by atoms with Crippen molar-refractivity contribution in [2.45, 2.75) is 52.5 Å². The SMILES string of the molecule is CCCC1CCc2nc(NC(=O)c3ccc(CNC(C)=O)s3)sc2C1. The molecular weight excluding hydrogens is 354 g/mol. The molecule has 2 aromatic rings. The van der Waals surface area contributed by atoms with Gasteiger partial charge in [0.1, 0.15) is 0 Å². The third-order valence-electron chi connectivity index (χ3n) is 4.36. The van der Waals surface area contributed by atoms with Gasteiger partial charge >= 0.3 is 0 Å². The second kappa shape index (κ2) is 8.10. The molecule has 0 saturated carbocycles. The van der Waals surface area contributed by atoms with Gasteiger partial charge in [0.05, 0.1) is 17.1 Å². The van der Waals surface area contributed by atoms with Crippen LogP contribution in [0.1, 0.15) is 58.2 Å². The molecule has 0 bridgehead atoms. The summed E-state index contributed by atoms with van der Waals surface area (Å²) in [5, 5.41) is 6.37. The Hall–Kier alpha value is -1.73. The normalized spacial score (nSPS) is 16.3. The maximum absolute atomic E-state index is 12.4. The summed E-state index contributed by atoms with van der Waals surface area (Å²) in [6.07, 6.45) is 5.81. The molecule has 1 aliphatic carbocycles. The minimum atomic E-state index is -0.129. The van der Waals surface area contributed by atoms with Gasteiger partial charge in [0.2, 0.25) is 5.91 Å². The summed E-state index contributed by atoms with van der Waals surface area (Å²) in [5.41, 5.74) is 1.16. The molecule has 0 saturated heterocycles. The van der Waals surface area contributed by atoms with Crippen molar-refractivity contribution in [2.75, 3.05) is 5.32 Å². The molecule has 134 valence electrons. The fraction of sp³-hybridized carbons (Fsp3) is 0.500. The Morgan fingerprint density at radius 3 is 2.92 bits per heavy atom. The van der Waals surface area contributed by atoms with E-state index in [0.717, 1.165) is 29.3 Å². The molecule has 0 radical (unpaired) electrons. The van der Waals surface area contributed by atoms with Gasteiger partial charge in [-0.25, -0.2) is 4.98 Å². The molecule has 5 nitrogen and oxygen atoms in total. The van der Waals surface area contributed by atoms with Crippen LogP contribution in [0.25, 0.3) is 0 Å². The molecule has 0 fully saturated rings. The van der Waals surface area contributed by atoms with E-state index in [1.807, 2.05) is 6.07 Å². The zero-order chi connectivity index (χ0) is 17.8. The smallest absolute Gasteiger partial charge is 0.267 e. The average molecular weight is 378 g/mol. The van der Waals surface area contributed by atoms with Crippen LogP contribution < -0.4 is 10.6 Å². The number of rotatable bonds is 6. The van der Waals surface area contributed by atoms with E-state index in [1.165, 1.54) is 42.4 Å². The van der Waals surface area contributed by atoms with Crippen LogP contribution in [0.2, 0.25) is 0 Å². The minimum Gasteiger partial charge on any atom is -0.351 e. The lowest BCUT2D eigenvalue weighted by atomic mass is 9.88. The number of thiophene rings is 1. The van der Waals surface area contributed by atoms with Crippen LogP contribution in [0, 0.1) is 5.92 Å². The molecule has 0 aliphatic heterocycles. The van der Waals surface area contributed by atoms with Crippen molar-refractivity contribution in [3.8, 4) is 0 Å². The third-order valence-corrected chi connectivity index (χ3v) is 6.48. The van der Waals surface area contributed by atoms with E-state index in [9.17, 15) is 9.59 Å². The maximum Gasteiger partial charge on any atom is 0.267 e. The van der Waals surface area contributed by atoms with E-state index in [1.54, 1.807) is 17.4 Å². The number of carbonyl (C=O) groups is 2. The zero-order valence-electron chi connectivity index (χ0n) is 14.6. The van der Waals surface area contributed by atoms with Crippen LogP contribution in [0.15, 0.2) is 12.1 Å². The number of anilines is 1. The van der Waals surface area contributed by atoms with E-state index < -0.39 is 0 Å². The van der Waals surface area contributed by atoms with Crippen molar-refractivity contribution in [2.24, 2.45) is 5.92 Å². The van der Waals surface area contributed by atoms with Gasteiger partial charge in [-0.05, 0) is 37.3 Å². The molecule has 1 atom stereocenters. The van der Waals surface area contributed by atoms with Crippen molar-refractivity contribution >= 4 is 39.6 Å². The number of aromatic nitrogens is 1. The molecule has 0 spiro atoms. The number of carbonyl (C=O) groups excluding carboxylic acids is 2. The van der Waals surface area contributed by atoms with Gasteiger partial charge in [0.15, 0.2) is 5.13 Å². The van der Waals surface area contributed by atoms with E-state index in [2.05, 4.69) is 22.5 Å². The first kappa shape index (κ1) is 18.1. The fourth-order valence-corrected chi connectivity index (χ4v) is 5.08. The molecule has 25 heavy (non-hydrogen) atoms. The fourth-order valence-electron chi connectivity index (χ4n) is 3.12. The van der Waals surface area contributed by atoms with E-state index in [0.29, 0.717) is 16.6 Å². The highest BCUT2D eigenvalue weighted by Gasteiger charge is 2.23. The lowest BCUT2D eigenvalue weighted by Crippen LogP contribution is -2.18. The maximum atomic E-state index is 12.4. The van der Waals surface area contributed by atoms with Crippen LogP contribution in [0.4, 0.5) is 5.13 Å². The number of hydrogen-bond acceptors (Lipinski definition) is 5. The van der Waals surface area contributed by atoms with Crippen LogP contribution in [-0.4, -0.2) is 16.8 Å². The number of nitrogens with zero attached hydrogens (tertiary/aromatic N) is 1. The number of amides is 2. The summed E-state index contributed by atoms with van der Waals surface area (Å²) in [4.78, 5) is 30.9. The second-order valence-electron chi connectivity index (χ2n) is 6.42. The third kappa shape index (κ3) is 4.67. The number of hydrogen-bond donors (Lipinski definition) is 2. The Morgan fingerprint density at radius 2 is 2.16 bits per heavy atom. The van der Waals surface area contributed by atoms with E-state index in [-0.39, 0.29) is 11.8 Å². The molecule has 7 heteroatoms. The lowest BCUT2D eigenvalue weighted by molar-refractivity contribution is -0.119. The highest BCUT2D eigenvalue weighted by molar-refractivity contribution is 7.16. The zero-order valence-corrected chi connectivity index (χ0v) is 16.2. The molecule has 2 aromatic heterocycles. The summed E-state index contributed by atoms with van der Waals surface area (Å²) < 4.78 is 0. The van der Waals surface area contributed by atoms with Crippen LogP contribution in [0.5, 0.6) is 0 Å². The van der Waals surface area contributed by atoms with Crippen molar-refractivity contribution in [1.29, 1.82) is 0 Å². The minimum absolute atomic E-state index is 0.0749. The molecule has 1 aliphatic rings. The molecule has 3 rings (SSSR count). The number of thiazole rings is 1. The molecule has 0 aromatic carbocycles. The number of fused-ring (bicyclic) bond motifs is 1.